The maximum absolute atomic E-state index is 13.5. The number of piperidine rings is 1. The number of benzene rings is 1. The van der Waals surface area contributed by atoms with E-state index >= 15 is 0 Å². The zero-order valence-electron chi connectivity index (χ0n) is 15.5. The number of nitrogens with one attached hydrogen (secondary N) is 2. The van der Waals surface area contributed by atoms with Gasteiger partial charge in [-0.2, -0.15) is 0 Å². The van der Waals surface area contributed by atoms with Gasteiger partial charge < -0.3 is 20.4 Å². The summed E-state index contributed by atoms with van der Waals surface area (Å²) in [4.78, 5) is 19.8. The van der Waals surface area contributed by atoms with Crippen LogP contribution in [0.1, 0.15) is 12.8 Å². The van der Waals surface area contributed by atoms with Gasteiger partial charge in [-0.05, 0) is 31.0 Å². The van der Waals surface area contributed by atoms with E-state index < -0.39 is 0 Å². The second kappa shape index (κ2) is 9.79. The van der Waals surface area contributed by atoms with Crippen LogP contribution in [0.25, 0.3) is 0 Å². The molecule has 0 bridgehead atoms. The molecule has 0 spiro atoms. The van der Waals surface area contributed by atoms with Gasteiger partial charge in [-0.15, -0.1) is 6.58 Å². The highest BCUT2D eigenvalue weighted by atomic mass is 19.1. The second-order valence-corrected chi connectivity index (χ2v) is 6.53. The van der Waals surface area contributed by atoms with Crippen molar-refractivity contribution in [1.82, 2.24) is 15.5 Å². The number of hydrogen-bond acceptors (Lipinski definition) is 3. The van der Waals surface area contributed by atoms with Crippen molar-refractivity contribution in [3.8, 4) is 0 Å². The number of carbonyl (C=O) groups excluding carboxylic acids is 1. The molecule has 1 amide bonds. The van der Waals surface area contributed by atoms with Gasteiger partial charge >= 0.3 is 0 Å². The Morgan fingerprint density at radius 1 is 1.50 bits per heavy atom. The third-order valence-electron chi connectivity index (χ3n) is 4.22. The van der Waals surface area contributed by atoms with Gasteiger partial charge in [0.25, 0.3) is 0 Å². The highest BCUT2D eigenvalue weighted by Gasteiger charge is 2.21. The molecule has 0 radical (unpaired) electrons. The van der Waals surface area contributed by atoms with Crippen LogP contribution in [0, 0.1) is 5.82 Å². The smallest absolute Gasteiger partial charge is 0.243 e. The zero-order chi connectivity index (χ0) is 18.9. The number of rotatable bonds is 6. The molecule has 1 aliphatic heterocycles. The molecule has 1 aromatic rings. The molecule has 1 aromatic carbocycles. The molecule has 7 heteroatoms. The van der Waals surface area contributed by atoms with E-state index in [9.17, 15) is 9.18 Å². The lowest BCUT2D eigenvalue weighted by molar-refractivity contribution is -0.127. The third kappa shape index (κ3) is 6.06. The molecule has 0 aliphatic carbocycles. The molecule has 1 saturated heterocycles. The van der Waals surface area contributed by atoms with Crippen LogP contribution in [-0.4, -0.2) is 63.1 Å². The third-order valence-corrected chi connectivity index (χ3v) is 4.22. The molecule has 1 unspecified atom stereocenters. The van der Waals surface area contributed by atoms with E-state index in [1.807, 2.05) is 6.07 Å². The van der Waals surface area contributed by atoms with Crippen LogP contribution in [0.3, 0.4) is 0 Å². The van der Waals surface area contributed by atoms with Gasteiger partial charge in [0, 0.05) is 45.5 Å². The summed E-state index contributed by atoms with van der Waals surface area (Å²) in [6.45, 7) is 5.99. The molecule has 1 atom stereocenters. The normalized spacial score (nSPS) is 17.6. The summed E-state index contributed by atoms with van der Waals surface area (Å²) in [6, 6.07) is 6.83. The van der Waals surface area contributed by atoms with Gasteiger partial charge in [-0.1, -0.05) is 12.1 Å². The fraction of sp³-hybridized carbons (Fsp3) is 0.474. The van der Waals surface area contributed by atoms with Crippen molar-refractivity contribution in [1.29, 1.82) is 0 Å². The Kier molecular flexibility index (Phi) is 7.44. The fourth-order valence-corrected chi connectivity index (χ4v) is 2.81. The van der Waals surface area contributed by atoms with E-state index in [1.165, 1.54) is 11.0 Å². The number of aliphatic imine (C=N–C) groups is 1. The molecule has 1 fully saturated rings. The number of anilines is 1. The highest BCUT2D eigenvalue weighted by Crippen LogP contribution is 2.20. The van der Waals surface area contributed by atoms with Crippen molar-refractivity contribution < 1.29 is 9.18 Å². The highest BCUT2D eigenvalue weighted by molar-refractivity contribution is 5.85. The van der Waals surface area contributed by atoms with Gasteiger partial charge in [0.2, 0.25) is 5.91 Å². The minimum absolute atomic E-state index is 0.0604. The van der Waals surface area contributed by atoms with Crippen molar-refractivity contribution in [3.05, 3.63) is 42.7 Å². The summed E-state index contributed by atoms with van der Waals surface area (Å²) in [6.07, 6.45) is 3.73. The van der Waals surface area contributed by atoms with E-state index in [0.717, 1.165) is 31.6 Å². The van der Waals surface area contributed by atoms with Crippen molar-refractivity contribution in [2.24, 2.45) is 4.99 Å². The summed E-state index contributed by atoms with van der Waals surface area (Å²) in [5, 5.41) is 6.53. The molecule has 26 heavy (non-hydrogen) atoms. The van der Waals surface area contributed by atoms with Crippen molar-refractivity contribution in [2.45, 2.75) is 18.9 Å². The average Bonchev–Trinajstić information content (AvgIpc) is 2.63. The number of carbonyl (C=O) groups is 1. The van der Waals surface area contributed by atoms with Gasteiger partial charge in [0.15, 0.2) is 5.96 Å². The summed E-state index contributed by atoms with van der Waals surface area (Å²) in [5.74, 6) is 0.301. The minimum Gasteiger partial charge on any atom is -0.369 e. The lowest BCUT2D eigenvalue weighted by atomic mass is 10.0. The predicted octanol–water partition coefficient (Wildman–Crippen LogP) is 1.60. The first-order chi connectivity index (χ1) is 12.5. The zero-order valence-corrected chi connectivity index (χ0v) is 15.5. The van der Waals surface area contributed by atoms with Gasteiger partial charge in [-0.3, -0.25) is 4.79 Å². The van der Waals surface area contributed by atoms with Gasteiger partial charge in [0.05, 0.1) is 0 Å². The molecule has 142 valence electrons. The summed E-state index contributed by atoms with van der Waals surface area (Å²) < 4.78 is 13.5. The first-order valence-corrected chi connectivity index (χ1v) is 8.86. The molecular formula is C19H28FN5O. The number of guanidine groups is 1. The first-order valence-electron chi connectivity index (χ1n) is 8.86. The van der Waals surface area contributed by atoms with Crippen molar-refractivity contribution >= 4 is 17.6 Å². The molecule has 2 N–H and O–H groups in total. The van der Waals surface area contributed by atoms with Crippen LogP contribution in [0.5, 0.6) is 0 Å². The molecule has 6 nitrogen and oxygen atoms in total. The Morgan fingerprint density at radius 2 is 2.31 bits per heavy atom. The van der Waals surface area contributed by atoms with Crippen molar-refractivity contribution in [2.75, 3.05) is 45.2 Å². The maximum Gasteiger partial charge on any atom is 0.243 e. The van der Waals surface area contributed by atoms with Crippen LogP contribution in [-0.2, 0) is 4.79 Å². The van der Waals surface area contributed by atoms with Gasteiger partial charge in [-0.25, -0.2) is 9.38 Å². The van der Waals surface area contributed by atoms with E-state index in [0.29, 0.717) is 12.5 Å². The largest absolute Gasteiger partial charge is 0.369 e. The molecule has 0 aromatic heterocycles. The summed E-state index contributed by atoms with van der Waals surface area (Å²) in [5.41, 5.74) is 0.886. The van der Waals surface area contributed by atoms with E-state index in [-0.39, 0.29) is 24.3 Å². The minimum atomic E-state index is -0.227. The van der Waals surface area contributed by atoms with Crippen LogP contribution in [0.2, 0.25) is 0 Å². The monoisotopic (exact) mass is 361 g/mol. The second-order valence-electron chi connectivity index (χ2n) is 6.53. The summed E-state index contributed by atoms with van der Waals surface area (Å²) in [7, 11) is 3.42. The number of halogens is 1. The lowest BCUT2D eigenvalue weighted by Crippen LogP contribution is -2.51. The fourth-order valence-electron chi connectivity index (χ4n) is 2.81. The Labute approximate surface area is 154 Å². The first kappa shape index (κ1) is 19.8. The lowest BCUT2D eigenvalue weighted by Gasteiger charge is -2.35. The SMILES string of the molecule is C=CCNC(=NCC(=O)N(C)C)NC1CCCN(c2cccc(F)c2)C1. The number of nitrogens with zero attached hydrogens (tertiary/aromatic N) is 3. The molecule has 1 aliphatic rings. The Bertz CT molecular complexity index is 647. The van der Waals surface area contributed by atoms with Crippen LogP contribution < -0.4 is 15.5 Å². The Morgan fingerprint density at radius 3 is 3.00 bits per heavy atom. The van der Waals surface area contributed by atoms with E-state index in [4.69, 9.17) is 0 Å². The standard InChI is InChI=1S/C19H28FN5O/c1-4-10-21-19(22-13-18(26)24(2)3)23-16-8-6-11-25(14-16)17-9-5-7-15(20)12-17/h4-5,7,9,12,16H,1,6,8,10-11,13-14H2,2-3H3,(H2,21,22,23). The van der Waals surface area contributed by atoms with Crippen LogP contribution in [0.4, 0.5) is 10.1 Å². The molecule has 0 saturated carbocycles. The Hall–Kier alpha value is -2.57. The van der Waals surface area contributed by atoms with E-state index in [2.05, 4.69) is 27.1 Å². The summed E-state index contributed by atoms with van der Waals surface area (Å²) >= 11 is 0. The maximum atomic E-state index is 13.5. The van der Waals surface area contributed by atoms with Crippen LogP contribution in [0.15, 0.2) is 41.9 Å². The number of likely N-dealkylation sites (N-methyl/N-ethyl adjacent to an activating group) is 1. The van der Waals surface area contributed by atoms with Gasteiger partial charge in [0.1, 0.15) is 12.4 Å². The topological polar surface area (TPSA) is 60.0 Å². The quantitative estimate of drug-likeness (QED) is 0.459. The average molecular weight is 361 g/mol. The van der Waals surface area contributed by atoms with E-state index in [1.54, 1.807) is 32.3 Å². The van der Waals surface area contributed by atoms with Crippen molar-refractivity contribution in [3.63, 3.8) is 0 Å². The molecule has 1 heterocycles. The number of hydrogen-bond donors (Lipinski definition) is 2. The number of amides is 1. The molecular weight excluding hydrogens is 333 g/mol. The van der Waals surface area contributed by atoms with Crippen LogP contribution >= 0.6 is 0 Å². The Balaban J connectivity index is 2.00. The molecule has 2 rings (SSSR count). The predicted molar refractivity (Wildman–Crippen MR) is 104 cm³/mol.